The maximum absolute atomic E-state index is 13.3. The Bertz CT molecular complexity index is 1250. The highest BCUT2D eigenvalue weighted by Gasteiger charge is 2.22. The number of hydrogen-bond acceptors (Lipinski definition) is 6. The minimum absolute atomic E-state index is 0.251. The molecule has 0 spiro atoms. The van der Waals surface area contributed by atoms with E-state index in [0.29, 0.717) is 34.2 Å². The van der Waals surface area contributed by atoms with Crippen molar-refractivity contribution >= 4 is 5.91 Å². The second-order valence-corrected chi connectivity index (χ2v) is 7.09. The van der Waals surface area contributed by atoms with E-state index in [9.17, 15) is 4.79 Å². The molecule has 8 nitrogen and oxygen atoms in total. The summed E-state index contributed by atoms with van der Waals surface area (Å²) >= 11 is 0. The third kappa shape index (κ3) is 4.64. The number of amides is 1. The van der Waals surface area contributed by atoms with Crippen LogP contribution in [0.1, 0.15) is 15.9 Å². The number of nitrogens with zero attached hydrogens (tertiary/aromatic N) is 3. The van der Waals surface area contributed by atoms with Crippen molar-refractivity contribution in [2.75, 3.05) is 21.3 Å². The molecule has 0 atom stereocenters. The molecule has 0 fully saturated rings. The summed E-state index contributed by atoms with van der Waals surface area (Å²) < 4.78 is 17.9. The number of rotatable bonds is 8. The van der Waals surface area contributed by atoms with Crippen LogP contribution in [-0.4, -0.2) is 42.0 Å². The van der Waals surface area contributed by atoms with Crippen molar-refractivity contribution in [1.82, 2.24) is 20.1 Å². The maximum Gasteiger partial charge on any atom is 0.255 e. The van der Waals surface area contributed by atoms with Gasteiger partial charge < -0.3 is 19.5 Å². The molecule has 8 heteroatoms. The molecule has 0 aliphatic rings. The number of carbonyl (C=O) groups excluding carboxylic acids is 1. The number of para-hydroxylation sites is 1. The fraction of sp³-hybridized carbons (Fsp3) is 0.160. The molecule has 0 saturated heterocycles. The van der Waals surface area contributed by atoms with Gasteiger partial charge in [-0.1, -0.05) is 24.3 Å². The number of benzene rings is 2. The molecule has 0 saturated carbocycles. The van der Waals surface area contributed by atoms with Gasteiger partial charge in [0.1, 0.15) is 17.2 Å². The third-order valence-electron chi connectivity index (χ3n) is 5.12. The molecular formula is C25H24N4O4. The van der Waals surface area contributed by atoms with Crippen LogP contribution in [0.3, 0.4) is 0 Å². The summed E-state index contributed by atoms with van der Waals surface area (Å²) in [4.78, 5) is 17.5. The normalized spacial score (nSPS) is 10.5. The molecule has 2 aromatic carbocycles. The number of nitrogens with one attached hydrogen (secondary N) is 1. The van der Waals surface area contributed by atoms with E-state index in [4.69, 9.17) is 19.3 Å². The standard InChI is InChI=1S/C25H24N4O4/c1-31-19-11-12-22(32-2)20(14-19)23-21(16-29(28-23)18-9-5-4-6-10-18)24(30)27-15-17-8-7-13-26-25(17)33-3/h4-14,16H,15H2,1-3H3,(H,27,30). The van der Waals surface area contributed by atoms with Gasteiger partial charge in [-0.2, -0.15) is 5.10 Å². The summed E-state index contributed by atoms with van der Waals surface area (Å²) in [5, 5.41) is 7.67. The summed E-state index contributed by atoms with van der Waals surface area (Å²) in [6, 6.07) is 18.6. The molecule has 4 rings (SSSR count). The predicted octanol–water partition coefficient (Wildman–Crippen LogP) is 3.89. The zero-order valence-corrected chi connectivity index (χ0v) is 18.6. The van der Waals surface area contributed by atoms with Gasteiger partial charge in [0, 0.05) is 30.1 Å². The Hall–Kier alpha value is -4.33. The number of pyridine rings is 1. The molecule has 0 aliphatic heterocycles. The minimum Gasteiger partial charge on any atom is -0.497 e. The first-order chi connectivity index (χ1) is 16.1. The van der Waals surface area contributed by atoms with Crippen molar-refractivity contribution in [2.45, 2.75) is 6.54 Å². The lowest BCUT2D eigenvalue weighted by Gasteiger charge is -2.11. The largest absolute Gasteiger partial charge is 0.497 e. The minimum atomic E-state index is -0.289. The highest BCUT2D eigenvalue weighted by Crippen LogP contribution is 2.35. The number of hydrogen-bond donors (Lipinski definition) is 1. The molecule has 0 aliphatic carbocycles. The molecular weight excluding hydrogens is 420 g/mol. The van der Waals surface area contributed by atoms with Crippen LogP contribution in [0.4, 0.5) is 0 Å². The fourth-order valence-corrected chi connectivity index (χ4v) is 3.46. The van der Waals surface area contributed by atoms with Gasteiger partial charge in [-0.3, -0.25) is 4.79 Å². The number of carbonyl (C=O) groups is 1. The lowest BCUT2D eigenvalue weighted by atomic mass is 10.1. The first-order valence-electron chi connectivity index (χ1n) is 10.3. The second-order valence-electron chi connectivity index (χ2n) is 7.09. The Labute approximate surface area is 191 Å². The first-order valence-corrected chi connectivity index (χ1v) is 10.3. The van der Waals surface area contributed by atoms with Crippen LogP contribution in [0.15, 0.2) is 73.1 Å². The van der Waals surface area contributed by atoms with Gasteiger partial charge in [0.25, 0.3) is 5.91 Å². The van der Waals surface area contributed by atoms with E-state index in [1.54, 1.807) is 62.7 Å². The predicted molar refractivity (Wildman–Crippen MR) is 124 cm³/mol. The van der Waals surface area contributed by atoms with Crippen molar-refractivity contribution in [1.29, 1.82) is 0 Å². The van der Waals surface area contributed by atoms with Gasteiger partial charge >= 0.3 is 0 Å². The third-order valence-corrected chi connectivity index (χ3v) is 5.12. The summed E-state index contributed by atoms with van der Waals surface area (Å²) in [7, 11) is 4.71. The zero-order valence-electron chi connectivity index (χ0n) is 18.6. The van der Waals surface area contributed by atoms with E-state index in [-0.39, 0.29) is 12.5 Å². The van der Waals surface area contributed by atoms with Crippen molar-refractivity contribution in [3.8, 4) is 34.3 Å². The van der Waals surface area contributed by atoms with E-state index in [0.717, 1.165) is 11.3 Å². The maximum atomic E-state index is 13.3. The lowest BCUT2D eigenvalue weighted by molar-refractivity contribution is 0.0951. The Morgan fingerprint density at radius 2 is 1.79 bits per heavy atom. The molecule has 2 heterocycles. The van der Waals surface area contributed by atoms with Gasteiger partial charge in [0.2, 0.25) is 5.88 Å². The van der Waals surface area contributed by atoms with Gasteiger partial charge in [-0.15, -0.1) is 0 Å². The van der Waals surface area contributed by atoms with Crippen LogP contribution in [-0.2, 0) is 6.54 Å². The van der Waals surface area contributed by atoms with Crippen LogP contribution >= 0.6 is 0 Å². The molecule has 4 aromatic rings. The molecule has 33 heavy (non-hydrogen) atoms. The number of aromatic nitrogens is 3. The molecule has 2 aromatic heterocycles. The Balaban J connectivity index is 1.75. The van der Waals surface area contributed by atoms with E-state index in [1.165, 1.54) is 0 Å². The van der Waals surface area contributed by atoms with Crippen molar-refractivity contribution in [3.05, 3.63) is 84.2 Å². The monoisotopic (exact) mass is 444 g/mol. The molecule has 1 N–H and O–H groups in total. The van der Waals surface area contributed by atoms with Gasteiger partial charge in [0.15, 0.2) is 0 Å². The SMILES string of the molecule is COc1ccc(OC)c(-c2nn(-c3ccccc3)cc2C(=O)NCc2cccnc2OC)c1. The van der Waals surface area contributed by atoms with Gasteiger partial charge in [0.05, 0.1) is 32.6 Å². The second kappa shape index (κ2) is 9.86. The summed E-state index contributed by atoms with van der Waals surface area (Å²) in [6.07, 6.45) is 3.35. The van der Waals surface area contributed by atoms with E-state index >= 15 is 0 Å². The Morgan fingerprint density at radius 1 is 0.970 bits per heavy atom. The molecule has 1 amide bonds. The number of methoxy groups -OCH3 is 3. The van der Waals surface area contributed by atoms with Crippen molar-refractivity contribution in [3.63, 3.8) is 0 Å². The van der Waals surface area contributed by atoms with Gasteiger partial charge in [-0.25, -0.2) is 9.67 Å². The van der Waals surface area contributed by atoms with E-state index < -0.39 is 0 Å². The quantitative estimate of drug-likeness (QED) is 0.444. The van der Waals surface area contributed by atoms with Crippen LogP contribution < -0.4 is 19.5 Å². The van der Waals surface area contributed by atoms with E-state index in [2.05, 4.69) is 10.3 Å². The summed E-state index contributed by atoms with van der Waals surface area (Å²) in [5.41, 5.74) is 3.12. The molecule has 0 unspecified atom stereocenters. The van der Waals surface area contributed by atoms with Crippen molar-refractivity contribution < 1.29 is 19.0 Å². The topological polar surface area (TPSA) is 87.5 Å². The molecule has 0 radical (unpaired) electrons. The van der Waals surface area contributed by atoms with Crippen LogP contribution in [0.25, 0.3) is 16.9 Å². The average Bonchev–Trinajstić information content (AvgIpc) is 3.33. The molecule has 0 bridgehead atoms. The average molecular weight is 444 g/mol. The fourth-order valence-electron chi connectivity index (χ4n) is 3.46. The van der Waals surface area contributed by atoms with Crippen LogP contribution in [0.2, 0.25) is 0 Å². The molecule has 168 valence electrons. The smallest absolute Gasteiger partial charge is 0.255 e. The zero-order chi connectivity index (χ0) is 23.2. The Kier molecular flexibility index (Phi) is 6.54. The van der Waals surface area contributed by atoms with E-state index in [1.807, 2.05) is 36.4 Å². The highest BCUT2D eigenvalue weighted by atomic mass is 16.5. The van der Waals surface area contributed by atoms with Crippen LogP contribution in [0, 0.1) is 0 Å². The van der Waals surface area contributed by atoms with Crippen molar-refractivity contribution in [2.24, 2.45) is 0 Å². The van der Waals surface area contributed by atoms with Gasteiger partial charge in [-0.05, 0) is 36.4 Å². The lowest BCUT2D eigenvalue weighted by Crippen LogP contribution is -2.23. The summed E-state index contributed by atoms with van der Waals surface area (Å²) in [5.74, 6) is 1.39. The first kappa shape index (κ1) is 21.9. The number of ether oxygens (including phenoxy) is 3. The Morgan fingerprint density at radius 3 is 2.52 bits per heavy atom. The highest BCUT2D eigenvalue weighted by molar-refractivity contribution is 6.00. The van der Waals surface area contributed by atoms with Crippen LogP contribution in [0.5, 0.6) is 17.4 Å². The summed E-state index contributed by atoms with van der Waals surface area (Å²) in [6.45, 7) is 0.251.